The maximum atomic E-state index is 12.5. The number of nitrogens with one attached hydrogen (secondary N) is 2. The van der Waals surface area contributed by atoms with Crippen molar-refractivity contribution in [3.63, 3.8) is 0 Å². The first-order chi connectivity index (χ1) is 13.1. The third-order valence-corrected chi connectivity index (χ3v) is 4.45. The Morgan fingerprint density at radius 1 is 1.04 bits per heavy atom. The van der Waals surface area contributed by atoms with Gasteiger partial charge in [-0.1, -0.05) is 30.3 Å². The quantitative estimate of drug-likeness (QED) is 0.726. The van der Waals surface area contributed by atoms with Crippen LogP contribution in [0.1, 0.15) is 21.5 Å². The lowest BCUT2D eigenvalue weighted by Gasteiger charge is -2.27. The van der Waals surface area contributed by atoms with Gasteiger partial charge in [-0.25, -0.2) is 4.79 Å². The van der Waals surface area contributed by atoms with Crippen LogP contribution in [0.25, 0.3) is 0 Å². The molecule has 0 spiro atoms. The van der Waals surface area contributed by atoms with Crippen molar-refractivity contribution in [1.82, 2.24) is 10.2 Å². The average Bonchev–Trinajstić information content (AvgIpc) is 2.67. The van der Waals surface area contributed by atoms with Gasteiger partial charge in [0.25, 0.3) is 5.91 Å². The summed E-state index contributed by atoms with van der Waals surface area (Å²) in [5.74, 6) is -0.204. The molecule has 0 atom stereocenters. The number of rotatable bonds is 6. The van der Waals surface area contributed by atoms with E-state index in [1.165, 1.54) is 5.56 Å². The smallest absolute Gasteiger partial charge is 0.316 e. The van der Waals surface area contributed by atoms with E-state index in [0.717, 1.165) is 38.4 Å². The fraction of sp³-hybridized carbons (Fsp3) is 0.300. The number of morpholine rings is 1. The summed E-state index contributed by atoms with van der Waals surface area (Å²) in [4.78, 5) is 25.8. The van der Waals surface area contributed by atoms with Gasteiger partial charge in [0, 0.05) is 37.4 Å². The number of nitrogens with two attached hydrogens (primary N) is 1. The van der Waals surface area contributed by atoms with Crippen molar-refractivity contribution < 1.29 is 14.3 Å². The molecule has 3 amide bonds. The Kier molecular flexibility index (Phi) is 6.40. The van der Waals surface area contributed by atoms with E-state index < -0.39 is 6.03 Å². The fourth-order valence-corrected chi connectivity index (χ4v) is 3.04. The van der Waals surface area contributed by atoms with E-state index in [1.54, 1.807) is 24.3 Å². The van der Waals surface area contributed by atoms with E-state index in [2.05, 4.69) is 21.6 Å². The fourth-order valence-electron chi connectivity index (χ4n) is 3.04. The molecule has 0 aromatic heterocycles. The molecule has 0 bridgehead atoms. The molecule has 1 aliphatic rings. The van der Waals surface area contributed by atoms with Gasteiger partial charge < -0.3 is 21.1 Å². The molecule has 2 aromatic carbocycles. The number of primary amides is 1. The molecule has 1 fully saturated rings. The molecule has 3 rings (SSSR count). The Labute approximate surface area is 158 Å². The van der Waals surface area contributed by atoms with Gasteiger partial charge in [-0.3, -0.25) is 9.69 Å². The Morgan fingerprint density at radius 2 is 1.78 bits per heavy atom. The molecule has 2 aromatic rings. The summed E-state index contributed by atoms with van der Waals surface area (Å²) in [5.41, 5.74) is 8.35. The van der Waals surface area contributed by atoms with Crippen LogP contribution in [0.2, 0.25) is 0 Å². The molecule has 0 unspecified atom stereocenters. The Morgan fingerprint density at radius 3 is 2.52 bits per heavy atom. The molecule has 27 heavy (non-hydrogen) atoms. The van der Waals surface area contributed by atoms with Crippen molar-refractivity contribution in [3.8, 4) is 0 Å². The predicted octanol–water partition coefficient (Wildman–Crippen LogP) is 1.94. The highest BCUT2D eigenvalue weighted by atomic mass is 16.5. The number of carbonyl (C=O) groups excluding carboxylic acids is 2. The van der Waals surface area contributed by atoms with E-state index in [1.807, 2.05) is 18.2 Å². The number of nitrogens with zero attached hydrogens (tertiary/aromatic N) is 1. The van der Waals surface area contributed by atoms with Gasteiger partial charge in [0.2, 0.25) is 0 Å². The van der Waals surface area contributed by atoms with Crippen molar-refractivity contribution in [2.24, 2.45) is 5.73 Å². The normalized spacial score (nSPS) is 14.5. The van der Waals surface area contributed by atoms with Crippen LogP contribution in [0.5, 0.6) is 0 Å². The number of ether oxygens (including phenoxy) is 1. The number of urea groups is 1. The Balaban J connectivity index is 1.62. The standard InChI is InChI=1S/C20H24N4O3/c21-20(26)23-18-7-3-6-15(12-18)19(25)22-13-16-4-1-2-5-17(16)14-24-8-10-27-11-9-24/h1-7,12H,8-11,13-14H2,(H,22,25)(H3,21,23,26). The van der Waals surface area contributed by atoms with E-state index >= 15 is 0 Å². The van der Waals surface area contributed by atoms with Crippen LogP contribution >= 0.6 is 0 Å². The first-order valence-corrected chi connectivity index (χ1v) is 8.93. The summed E-state index contributed by atoms with van der Waals surface area (Å²) < 4.78 is 5.40. The summed E-state index contributed by atoms with van der Waals surface area (Å²) in [6.45, 7) is 4.63. The summed E-state index contributed by atoms with van der Waals surface area (Å²) in [6.07, 6.45) is 0. The van der Waals surface area contributed by atoms with Gasteiger partial charge in [0.15, 0.2) is 0 Å². The van der Waals surface area contributed by atoms with Crippen LogP contribution in [0.3, 0.4) is 0 Å². The predicted molar refractivity (Wildman–Crippen MR) is 103 cm³/mol. The second-order valence-electron chi connectivity index (χ2n) is 6.41. The lowest BCUT2D eigenvalue weighted by molar-refractivity contribution is 0.0340. The highest BCUT2D eigenvalue weighted by Crippen LogP contribution is 2.14. The third-order valence-electron chi connectivity index (χ3n) is 4.45. The Bertz CT molecular complexity index is 803. The van der Waals surface area contributed by atoms with E-state index in [4.69, 9.17) is 10.5 Å². The highest BCUT2D eigenvalue weighted by Gasteiger charge is 2.13. The molecule has 142 valence electrons. The van der Waals surface area contributed by atoms with E-state index in [9.17, 15) is 9.59 Å². The molecular weight excluding hydrogens is 344 g/mol. The number of hydrogen-bond acceptors (Lipinski definition) is 4. The zero-order valence-electron chi connectivity index (χ0n) is 15.1. The van der Waals surface area contributed by atoms with Crippen molar-refractivity contribution >= 4 is 17.6 Å². The van der Waals surface area contributed by atoms with Gasteiger partial charge in [-0.15, -0.1) is 0 Å². The summed E-state index contributed by atoms with van der Waals surface area (Å²) in [6, 6.07) is 14.1. The van der Waals surface area contributed by atoms with Gasteiger partial charge in [-0.05, 0) is 29.3 Å². The van der Waals surface area contributed by atoms with Crippen LogP contribution < -0.4 is 16.4 Å². The first-order valence-electron chi connectivity index (χ1n) is 8.93. The second kappa shape index (κ2) is 9.16. The lowest BCUT2D eigenvalue weighted by Crippen LogP contribution is -2.36. The number of amides is 3. The van der Waals surface area contributed by atoms with E-state index in [0.29, 0.717) is 17.8 Å². The van der Waals surface area contributed by atoms with Gasteiger partial charge in [0.1, 0.15) is 0 Å². The average molecular weight is 368 g/mol. The maximum Gasteiger partial charge on any atom is 0.316 e. The lowest BCUT2D eigenvalue weighted by atomic mass is 10.1. The van der Waals surface area contributed by atoms with Crippen LogP contribution in [0.4, 0.5) is 10.5 Å². The number of hydrogen-bond donors (Lipinski definition) is 3. The Hall–Kier alpha value is -2.90. The SMILES string of the molecule is NC(=O)Nc1cccc(C(=O)NCc2ccccc2CN2CCOCC2)c1. The van der Waals surface area contributed by atoms with Crippen molar-refractivity contribution in [1.29, 1.82) is 0 Å². The molecule has 7 nitrogen and oxygen atoms in total. The van der Waals surface area contributed by atoms with E-state index in [-0.39, 0.29) is 5.91 Å². The number of benzene rings is 2. The monoisotopic (exact) mass is 368 g/mol. The molecule has 0 saturated carbocycles. The minimum atomic E-state index is -0.662. The summed E-state index contributed by atoms with van der Waals surface area (Å²) in [7, 11) is 0. The van der Waals surface area contributed by atoms with Crippen LogP contribution in [0.15, 0.2) is 48.5 Å². The third kappa shape index (κ3) is 5.54. The maximum absolute atomic E-state index is 12.5. The molecule has 1 aliphatic heterocycles. The zero-order valence-corrected chi connectivity index (χ0v) is 15.1. The van der Waals surface area contributed by atoms with Crippen LogP contribution in [-0.4, -0.2) is 43.1 Å². The van der Waals surface area contributed by atoms with Gasteiger partial charge in [-0.2, -0.15) is 0 Å². The topological polar surface area (TPSA) is 96.7 Å². The molecule has 1 heterocycles. The molecule has 0 radical (unpaired) electrons. The van der Waals surface area contributed by atoms with Gasteiger partial charge in [0.05, 0.1) is 13.2 Å². The van der Waals surface area contributed by atoms with Crippen molar-refractivity contribution in [2.45, 2.75) is 13.1 Å². The molecule has 0 aliphatic carbocycles. The second-order valence-corrected chi connectivity index (χ2v) is 6.41. The number of anilines is 1. The minimum absolute atomic E-state index is 0.204. The molecule has 7 heteroatoms. The van der Waals surface area contributed by atoms with Gasteiger partial charge >= 0.3 is 6.03 Å². The summed E-state index contributed by atoms with van der Waals surface area (Å²) >= 11 is 0. The highest BCUT2D eigenvalue weighted by molar-refractivity contribution is 5.96. The summed E-state index contributed by atoms with van der Waals surface area (Å²) in [5, 5.41) is 5.42. The number of carbonyl (C=O) groups is 2. The molecule has 4 N–H and O–H groups in total. The molecular formula is C20H24N4O3. The first kappa shape index (κ1) is 18.9. The van der Waals surface area contributed by atoms with Crippen LogP contribution in [-0.2, 0) is 17.8 Å². The van der Waals surface area contributed by atoms with Crippen molar-refractivity contribution in [2.75, 3.05) is 31.6 Å². The van der Waals surface area contributed by atoms with Crippen LogP contribution in [0, 0.1) is 0 Å². The minimum Gasteiger partial charge on any atom is -0.379 e. The zero-order chi connectivity index (χ0) is 19.1. The molecule has 1 saturated heterocycles. The largest absolute Gasteiger partial charge is 0.379 e. The van der Waals surface area contributed by atoms with Crippen molar-refractivity contribution in [3.05, 3.63) is 65.2 Å².